The van der Waals surface area contributed by atoms with Crippen LogP contribution in [0.15, 0.2) is 36.4 Å². The lowest BCUT2D eigenvalue weighted by atomic mass is 9.52. The highest BCUT2D eigenvalue weighted by Crippen LogP contribution is 2.52. The first-order chi connectivity index (χ1) is 19.3. The number of benzene rings is 2. The number of carbonyl (C=O) groups excluding carboxylic acids is 5. The average Bonchev–Trinajstić information content (AvgIpc) is 2.90. The molecular weight excluding hydrogens is 526 g/mol. The fourth-order valence-corrected chi connectivity index (χ4v) is 6.95. The lowest BCUT2D eigenvalue weighted by Crippen LogP contribution is -2.74. The highest BCUT2D eigenvalue weighted by atomic mass is 16.3. The average molecular weight is 560 g/mol. The van der Waals surface area contributed by atoms with E-state index in [0.29, 0.717) is 16.8 Å². The second-order valence-electron chi connectivity index (χ2n) is 11.6. The van der Waals surface area contributed by atoms with Crippen molar-refractivity contribution in [3.63, 3.8) is 0 Å². The smallest absolute Gasteiger partial charge is 0.235 e. The summed E-state index contributed by atoms with van der Waals surface area (Å²) in [5.74, 6) is -10.6. The summed E-state index contributed by atoms with van der Waals surface area (Å²) in [5, 5.41) is 23.1. The molecule has 4 unspecified atom stereocenters. The topological polar surface area (TPSA) is 158 Å². The van der Waals surface area contributed by atoms with Gasteiger partial charge in [0, 0.05) is 31.3 Å². The number of Topliss-reactive ketones (excluding diaryl/α,β-unsaturated/α-hetero) is 4. The molecule has 3 aliphatic rings. The molecule has 0 heterocycles. The maximum Gasteiger partial charge on any atom is 0.235 e. The zero-order valence-electron chi connectivity index (χ0n) is 23.3. The van der Waals surface area contributed by atoms with Gasteiger partial charge in [-0.25, -0.2) is 0 Å². The van der Waals surface area contributed by atoms with Crippen LogP contribution >= 0.6 is 0 Å². The predicted octanol–water partition coefficient (Wildman–Crippen LogP) is 1.10. The number of phenolic OH excluding ortho intramolecular Hbond substituents is 1. The molecule has 41 heavy (non-hydrogen) atoms. The van der Waals surface area contributed by atoms with E-state index < -0.39 is 64.4 Å². The fourth-order valence-electron chi connectivity index (χ4n) is 6.95. The van der Waals surface area contributed by atoms with Crippen LogP contribution in [0.1, 0.15) is 33.5 Å². The molecule has 6 atom stereocenters. The van der Waals surface area contributed by atoms with Crippen molar-refractivity contribution in [1.29, 1.82) is 0 Å². The Morgan fingerprint density at radius 2 is 1.68 bits per heavy atom. The molecule has 214 valence electrons. The number of fused-ring (bicyclic) bond motifs is 3. The highest BCUT2D eigenvalue weighted by Gasteiger charge is 2.69. The number of nitrogens with two attached hydrogens (primary N) is 1. The van der Waals surface area contributed by atoms with Gasteiger partial charge in [0.25, 0.3) is 0 Å². The Morgan fingerprint density at radius 3 is 2.27 bits per heavy atom. The first-order valence-corrected chi connectivity index (χ1v) is 13.4. The molecule has 1 amide bonds. The van der Waals surface area contributed by atoms with Gasteiger partial charge in [-0.05, 0) is 50.0 Å². The molecule has 0 radical (unpaired) electrons. The summed E-state index contributed by atoms with van der Waals surface area (Å²) < 4.78 is 0. The van der Waals surface area contributed by atoms with Crippen LogP contribution in [0.25, 0.3) is 12.2 Å². The van der Waals surface area contributed by atoms with E-state index in [1.807, 2.05) is 49.3 Å². The van der Waals surface area contributed by atoms with Gasteiger partial charge in [-0.3, -0.25) is 28.9 Å². The zero-order valence-corrected chi connectivity index (χ0v) is 23.3. The summed E-state index contributed by atoms with van der Waals surface area (Å²) in [6, 6.07) is 10.0. The van der Waals surface area contributed by atoms with Crippen molar-refractivity contribution in [3.05, 3.63) is 58.7 Å². The Morgan fingerprint density at radius 1 is 1.02 bits per heavy atom. The summed E-state index contributed by atoms with van der Waals surface area (Å²) in [6.07, 6.45) is 3.68. The van der Waals surface area contributed by atoms with Crippen LogP contribution in [0.4, 0.5) is 5.69 Å². The summed E-state index contributed by atoms with van der Waals surface area (Å²) in [6.45, 7) is 0. The van der Waals surface area contributed by atoms with Crippen LogP contribution in [-0.2, 0) is 25.6 Å². The van der Waals surface area contributed by atoms with Gasteiger partial charge >= 0.3 is 0 Å². The standard InChI is InChI=1S/C31H33N3O7/c1-33(2)20-14-16(11-10-15-8-6-5-7-9-15)25(35)22-18(20)12-17-13-19-24(34(3)4)27(37)23(30(32)40)29(39)31(19,41)28(38)21(17)26(22)36/h5-11,14,17,19,21,23-24,35,41H,12-13H2,1-4H3,(H2,32,40)/t17?,19?,21?,23?,24-,31-/m0/s1. The number of ketones is 4. The van der Waals surface area contributed by atoms with Crippen LogP contribution in [0, 0.1) is 23.7 Å². The predicted molar refractivity (Wildman–Crippen MR) is 151 cm³/mol. The molecular formula is C31H33N3O7. The van der Waals surface area contributed by atoms with Crippen molar-refractivity contribution in [2.45, 2.75) is 24.5 Å². The number of hydrogen-bond donors (Lipinski definition) is 3. The molecule has 0 spiro atoms. The Kier molecular flexibility index (Phi) is 6.95. The third kappa shape index (κ3) is 4.20. The number of phenols is 1. The van der Waals surface area contributed by atoms with E-state index in [4.69, 9.17) is 5.73 Å². The number of nitrogens with zero attached hydrogens (tertiary/aromatic N) is 2. The molecule has 2 aromatic carbocycles. The van der Waals surface area contributed by atoms with E-state index in [2.05, 4.69) is 0 Å². The minimum atomic E-state index is -2.75. The van der Waals surface area contributed by atoms with E-state index in [1.54, 1.807) is 32.3 Å². The van der Waals surface area contributed by atoms with Crippen molar-refractivity contribution in [2.75, 3.05) is 33.1 Å². The lowest BCUT2D eigenvalue weighted by molar-refractivity contribution is -0.181. The largest absolute Gasteiger partial charge is 0.507 e. The molecule has 5 rings (SSSR count). The molecule has 0 bridgehead atoms. The number of aromatic hydroxyl groups is 1. The van der Waals surface area contributed by atoms with Gasteiger partial charge in [-0.1, -0.05) is 42.5 Å². The normalized spacial score (nSPS) is 29.4. The summed E-state index contributed by atoms with van der Waals surface area (Å²) in [7, 11) is 6.73. The quantitative estimate of drug-likeness (QED) is 0.360. The minimum absolute atomic E-state index is 0.00713. The molecule has 0 saturated heterocycles. The number of anilines is 1. The maximum absolute atomic E-state index is 14.1. The number of likely N-dealkylation sites (N-methyl/N-ethyl adjacent to an activating group) is 1. The van der Waals surface area contributed by atoms with Crippen LogP contribution in [0.2, 0.25) is 0 Å². The molecule has 10 nitrogen and oxygen atoms in total. The zero-order chi connectivity index (χ0) is 30.0. The number of primary amides is 1. The summed E-state index contributed by atoms with van der Waals surface area (Å²) >= 11 is 0. The maximum atomic E-state index is 14.1. The Balaban J connectivity index is 1.64. The summed E-state index contributed by atoms with van der Waals surface area (Å²) in [4.78, 5) is 70.2. The second-order valence-corrected chi connectivity index (χ2v) is 11.6. The number of hydrogen-bond acceptors (Lipinski definition) is 9. The van der Waals surface area contributed by atoms with Gasteiger partial charge in [-0.15, -0.1) is 0 Å². The van der Waals surface area contributed by atoms with E-state index in [-0.39, 0.29) is 24.2 Å². The van der Waals surface area contributed by atoms with Crippen molar-refractivity contribution in [3.8, 4) is 5.75 Å². The molecule has 2 saturated carbocycles. The first-order valence-electron chi connectivity index (χ1n) is 13.4. The second kappa shape index (κ2) is 10.0. The monoisotopic (exact) mass is 559 g/mol. The van der Waals surface area contributed by atoms with E-state index in [0.717, 1.165) is 5.56 Å². The summed E-state index contributed by atoms with van der Waals surface area (Å²) in [5.41, 5.74) is 5.07. The third-order valence-corrected chi connectivity index (χ3v) is 8.80. The van der Waals surface area contributed by atoms with Gasteiger partial charge in [0.15, 0.2) is 34.7 Å². The fraction of sp³-hybridized carbons (Fsp3) is 0.387. The van der Waals surface area contributed by atoms with Crippen molar-refractivity contribution in [1.82, 2.24) is 4.90 Å². The van der Waals surface area contributed by atoms with Crippen LogP contribution in [-0.4, -0.2) is 84.0 Å². The lowest BCUT2D eigenvalue weighted by Gasteiger charge is -2.52. The Hall–Kier alpha value is -4.15. The molecule has 0 aromatic heterocycles. The third-order valence-electron chi connectivity index (χ3n) is 8.80. The first kappa shape index (κ1) is 28.4. The van der Waals surface area contributed by atoms with Gasteiger partial charge in [-0.2, -0.15) is 0 Å². The van der Waals surface area contributed by atoms with Gasteiger partial charge in [0.05, 0.1) is 17.5 Å². The molecule has 3 aliphatic carbocycles. The molecule has 2 aromatic rings. The van der Waals surface area contributed by atoms with Crippen molar-refractivity contribution in [2.24, 2.45) is 29.4 Å². The van der Waals surface area contributed by atoms with E-state index in [1.165, 1.54) is 4.90 Å². The molecule has 4 N–H and O–H groups in total. The van der Waals surface area contributed by atoms with Gasteiger partial charge in [0.1, 0.15) is 5.75 Å². The van der Waals surface area contributed by atoms with Crippen LogP contribution < -0.4 is 10.6 Å². The van der Waals surface area contributed by atoms with Gasteiger partial charge < -0.3 is 20.8 Å². The molecule has 10 heteroatoms. The number of amides is 1. The van der Waals surface area contributed by atoms with E-state index >= 15 is 0 Å². The number of aliphatic hydroxyl groups is 1. The molecule has 2 fully saturated rings. The highest BCUT2D eigenvalue weighted by molar-refractivity contribution is 6.32. The van der Waals surface area contributed by atoms with Crippen LogP contribution in [0.5, 0.6) is 5.75 Å². The van der Waals surface area contributed by atoms with Crippen LogP contribution in [0.3, 0.4) is 0 Å². The Labute approximate surface area is 237 Å². The Bertz CT molecular complexity index is 1510. The number of rotatable bonds is 5. The van der Waals surface area contributed by atoms with Crippen molar-refractivity contribution >= 4 is 46.9 Å². The van der Waals surface area contributed by atoms with Crippen molar-refractivity contribution < 1.29 is 34.2 Å². The van der Waals surface area contributed by atoms with Gasteiger partial charge in [0.2, 0.25) is 5.91 Å². The molecule has 0 aliphatic heterocycles. The number of carbonyl (C=O) groups is 5. The van der Waals surface area contributed by atoms with E-state index in [9.17, 15) is 34.2 Å². The SMILES string of the molecule is CN(C)c1cc(C=Cc2ccccc2)c(O)c2c1CC1CC3[C@H](N(C)C)C(=O)C(C(N)=O)C(=O)[C@@]3(O)C(=O)C1C2=O. The minimum Gasteiger partial charge on any atom is -0.507 e.